The zero-order valence-corrected chi connectivity index (χ0v) is 13.6. The maximum Gasteiger partial charge on any atom is 0.247 e. The molecule has 1 amide bonds. The first-order valence-electron chi connectivity index (χ1n) is 6.99. The third-order valence-electron chi connectivity index (χ3n) is 3.44. The fraction of sp³-hybridized carbons (Fsp3) is 0.200. The van der Waals surface area contributed by atoms with E-state index in [0.29, 0.717) is 22.4 Å². The number of carbonyl (C=O) groups is 1. The van der Waals surface area contributed by atoms with Crippen LogP contribution in [0.15, 0.2) is 34.7 Å². The minimum Gasteiger partial charge on any atom is -0.375 e. The number of thiazole rings is 1. The average molecular weight is 328 g/mol. The number of aromatic nitrogens is 3. The average Bonchev–Trinajstić information content (AvgIpc) is 3.10. The number of anilines is 1. The van der Waals surface area contributed by atoms with E-state index in [4.69, 9.17) is 5.73 Å². The van der Waals surface area contributed by atoms with Crippen LogP contribution in [0.3, 0.4) is 0 Å². The molecular weight excluding hydrogens is 312 g/mol. The molecule has 2 heterocycles. The maximum absolute atomic E-state index is 12.1. The summed E-state index contributed by atoms with van der Waals surface area (Å²) in [4.78, 5) is 20.6. The Morgan fingerprint density at radius 1 is 1.39 bits per heavy atom. The van der Waals surface area contributed by atoms with E-state index in [9.17, 15) is 4.79 Å². The van der Waals surface area contributed by atoms with Crippen LogP contribution in [0.4, 0.5) is 5.13 Å². The number of fused-ring (bicyclic) bond motifs is 1. The van der Waals surface area contributed by atoms with Crippen molar-refractivity contribution < 1.29 is 4.79 Å². The molecular formula is C15H16N6OS. The number of carbonyl (C=O) groups excluding carboxylic acids is 1. The highest BCUT2D eigenvalue weighted by molar-refractivity contribution is 7.13. The van der Waals surface area contributed by atoms with Crippen LogP contribution in [0.25, 0.3) is 11.0 Å². The van der Waals surface area contributed by atoms with Crippen LogP contribution < -0.4 is 11.2 Å². The number of nitrogen functional groups attached to an aromatic ring is 1. The number of benzene rings is 1. The van der Waals surface area contributed by atoms with Crippen molar-refractivity contribution in [2.45, 2.75) is 13.3 Å². The van der Waals surface area contributed by atoms with Gasteiger partial charge in [-0.15, -0.1) is 11.3 Å². The van der Waals surface area contributed by atoms with E-state index in [1.807, 2.05) is 35.9 Å². The molecule has 3 aromatic rings. The summed E-state index contributed by atoms with van der Waals surface area (Å²) in [7, 11) is 1.89. The van der Waals surface area contributed by atoms with Crippen molar-refractivity contribution in [3.05, 3.63) is 41.2 Å². The summed E-state index contributed by atoms with van der Waals surface area (Å²) in [6.45, 7) is 1.77. The molecule has 0 aliphatic rings. The van der Waals surface area contributed by atoms with Crippen molar-refractivity contribution in [1.82, 2.24) is 20.0 Å². The van der Waals surface area contributed by atoms with Crippen molar-refractivity contribution in [3.63, 3.8) is 0 Å². The van der Waals surface area contributed by atoms with Crippen molar-refractivity contribution in [1.29, 1.82) is 0 Å². The van der Waals surface area contributed by atoms with Gasteiger partial charge in [-0.25, -0.2) is 15.4 Å². The Morgan fingerprint density at radius 3 is 2.87 bits per heavy atom. The topological polar surface area (TPSA) is 98.2 Å². The third kappa shape index (κ3) is 3.21. The number of aryl methyl sites for hydroxylation is 1. The van der Waals surface area contributed by atoms with Crippen LogP contribution in [0, 0.1) is 0 Å². The Kier molecular flexibility index (Phi) is 4.07. The second-order valence-corrected chi connectivity index (χ2v) is 5.95. The van der Waals surface area contributed by atoms with Gasteiger partial charge in [-0.05, 0) is 19.1 Å². The van der Waals surface area contributed by atoms with Crippen LogP contribution in [-0.2, 0) is 18.3 Å². The molecule has 23 heavy (non-hydrogen) atoms. The van der Waals surface area contributed by atoms with Gasteiger partial charge in [-0.1, -0.05) is 12.1 Å². The molecule has 0 fully saturated rings. The molecule has 0 saturated carbocycles. The molecule has 0 aliphatic carbocycles. The largest absolute Gasteiger partial charge is 0.375 e. The SMILES string of the molecule is C/C(=N\NC(=O)Cc1nc2ccccc2n1C)c1csc(N)n1. The Bertz CT molecular complexity index is 894. The predicted octanol–water partition coefficient (Wildman–Crippen LogP) is 1.69. The van der Waals surface area contributed by atoms with Crippen LogP contribution in [0.1, 0.15) is 18.4 Å². The Balaban J connectivity index is 1.70. The maximum atomic E-state index is 12.1. The van der Waals surface area contributed by atoms with Crippen molar-refractivity contribution in [3.8, 4) is 0 Å². The Morgan fingerprint density at radius 2 is 2.17 bits per heavy atom. The number of nitrogens with two attached hydrogens (primary N) is 1. The molecule has 3 rings (SSSR count). The number of imidazole rings is 1. The van der Waals surface area contributed by atoms with Gasteiger partial charge < -0.3 is 10.3 Å². The zero-order valence-electron chi connectivity index (χ0n) is 12.8. The van der Waals surface area contributed by atoms with Crippen molar-refractivity contribution >= 4 is 39.1 Å². The lowest BCUT2D eigenvalue weighted by Gasteiger charge is -2.02. The Hall–Kier alpha value is -2.74. The molecule has 118 valence electrons. The van der Waals surface area contributed by atoms with Gasteiger partial charge in [0.25, 0.3) is 0 Å². The van der Waals surface area contributed by atoms with Crippen molar-refractivity contribution in [2.24, 2.45) is 12.1 Å². The zero-order chi connectivity index (χ0) is 16.4. The molecule has 0 radical (unpaired) electrons. The van der Waals surface area contributed by atoms with E-state index < -0.39 is 0 Å². The number of nitrogens with one attached hydrogen (secondary N) is 1. The number of nitrogens with zero attached hydrogens (tertiary/aromatic N) is 4. The lowest BCUT2D eigenvalue weighted by Crippen LogP contribution is -2.22. The van der Waals surface area contributed by atoms with Gasteiger partial charge in [0.2, 0.25) is 5.91 Å². The van der Waals surface area contributed by atoms with Crippen molar-refractivity contribution in [2.75, 3.05) is 5.73 Å². The standard InChI is InChI=1S/C15H16N6OS/c1-9(11-8-23-15(16)18-11)19-20-14(22)7-13-17-10-5-3-4-6-12(10)21(13)2/h3-6,8H,7H2,1-2H3,(H2,16,18)(H,20,22)/b19-9+. The normalized spacial score (nSPS) is 11.8. The summed E-state index contributed by atoms with van der Waals surface area (Å²) < 4.78 is 1.91. The molecule has 8 heteroatoms. The molecule has 0 spiro atoms. The minimum atomic E-state index is -0.231. The molecule has 3 N–H and O–H groups in total. The highest BCUT2D eigenvalue weighted by Gasteiger charge is 2.11. The van der Waals surface area contributed by atoms with Crippen LogP contribution in [-0.4, -0.2) is 26.2 Å². The molecule has 2 aromatic heterocycles. The number of hydrogen-bond acceptors (Lipinski definition) is 6. The molecule has 0 saturated heterocycles. The molecule has 0 atom stereocenters. The summed E-state index contributed by atoms with van der Waals surface area (Å²) in [6, 6.07) is 7.76. The summed E-state index contributed by atoms with van der Waals surface area (Å²) in [5, 5.41) is 6.33. The number of hydrazone groups is 1. The van der Waals surface area contributed by atoms with E-state index in [1.54, 1.807) is 12.3 Å². The summed E-state index contributed by atoms with van der Waals surface area (Å²) in [5.41, 5.74) is 11.2. The number of para-hydroxylation sites is 2. The van der Waals surface area contributed by atoms with E-state index >= 15 is 0 Å². The first-order valence-corrected chi connectivity index (χ1v) is 7.87. The fourth-order valence-corrected chi connectivity index (χ4v) is 2.80. The van der Waals surface area contributed by atoms with Gasteiger partial charge in [-0.3, -0.25) is 4.79 Å². The summed E-state index contributed by atoms with van der Waals surface area (Å²) >= 11 is 1.33. The third-order valence-corrected chi connectivity index (χ3v) is 4.11. The Labute approximate surface area is 136 Å². The van der Waals surface area contributed by atoms with Gasteiger partial charge in [0, 0.05) is 12.4 Å². The number of amides is 1. The highest BCUT2D eigenvalue weighted by atomic mass is 32.1. The second kappa shape index (κ2) is 6.17. The predicted molar refractivity (Wildman–Crippen MR) is 91.3 cm³/mol. The molecule has 0 unspecified atom stereocenters. The molecule has 0 aliphatic heterocycles. The highest BCUT2D eigenvalue weighted by Crippen LogP contribution is 2.14. The minimum absolute atomic E-state index is 0.154. The molecule has 7 nitrogen and oxygen atoms in total. The van der Waals surface area contributed by atoms with E-state index in [-0.39, 0.29) is 12.3 Å². The van der Waals surface area contributed by atoms with Crippen LogP contribution in [0.5, 0.6) is 0 Å². The van der Waals surface area contributed by atoms with E-state index in [1.165, 1.54) is 11.3 Å². The smallest absolute Gasteiger partial charge is 0.247 e. The second-order valence-electron chi connectivity index (χ2n) is 5.06. The van der Waals surface area contributed by atoms with E-state index in [2.05, 4.69) is 20.5 Å². The molecule has 1 aromatic carbocycles. The molecule has 0 bridgehead atoms. The van der Waals surface area contributed by atoms with Crippen LogP contribution in [0.2, 0.25) is 0 Å². The van der Waals surface area contributed by atoms with Crippen LogP contribution >= 0.6 is 11.3 Å². The first-order chi connectivity index (χ1) is 11.0. The van der Waals surface area contributed by atoms with Gasteiger partial charge in [0.05, 0.1) is 28.9 Å². The fourth-order valence-electron chi connectivity index (χ4n) is 2.19. The van der Waals surface area contributed by atoms with Gasteiger partial charge >= 0.3 is 0 Å². The van der Waals surface area contributed by atoms with E-state index in [0.717, 1.165) is 11.0 Å². The van der Waals surface area contributed by atoms with Gasteiger partial charge in [0.1, 0.15) is 5.82 Å². The van der Waals surface area contributed by atoms with Gasteiger partial charge in [0.15, 0.2) is 5.13 Å². The summed E-state index contributed by atoms with van der Waals surface area (Å²) in [5.74, 6) is 0.459. The number of hydrogen-bond donors (Lipinski definition) is 2. The first kappa shape index (κ1) is 15.2. The lowest BCUT2D eigenvalue weighted by atomic mass is 10.3. The lowest BCUT2D eigenvalue weighted by molar-refractivity contribution is -0.120. The quantitative estimate of drug-likeness (QED) is 0.562. The monoisotopic (exact) mass is 328 g/mol. The van der Waals surface area contributed by atoms with Gasteiger partial charge in [-0.2, -0.15) is 5.10 Å². The number of rotatable bonds is 4. The summed E-state index contributed by atoms with van der Waals surface area (Å²) in [6.07, 6.45) is 0.154.